The number of allylic oxidation sites excluding steroid dienone is 2. The maximum atomic E-state index is 15.3. The van der Waals surface area contributed by atoms with E-state index in [2.05, 4.69) is 40.7 Å². The lowest BCUT2D eigenvalue weighted by molar-refractivity contribution is -0.363. The molecule has 24 atom stereocenters. The highest BCUT2D eigenvalue weighted by molar-refractivity contribution is 5.79. The minimum absolute atomic E-state index is 0.102. The summed E-state index contributed by atoms with van der Waals surface area (Å²) < 4.78 is 35.0. The highest BCUT2D eigenvalue weighted by Gasteiger charge is 2.71. The average molecular weight is 973 g/mol. The lowest BCUT2D eigenvalue weighted by atomic mass is 9.33. The van der Waals surface area contributed by atoms with Crippen LogP contribution in [0.25, 0.3) is 0 Å². The third kappa shape index (κ3) is 8.03. The molecule has 0 bridgehead atoms. The number of ether oxygens (including phenoxy) is 6. The van der Waals surface area contributed by atoms with Crippen molar-refractivity contribution in [2.75, 3.05) is 19.8 Å². The highest BCUT2D eigenvalue weighted by atomic mass is 16.8. The number of carbonyl (C=O) groups excluding carboxylic acids is 1. The van der Waals surface area contributed by atoms with Crippen molar-refractivity contribution < 1.29 is 99.3 Å². The van der Waals surface area contributed by atoms with Crippen LogP contribution in [-0.4, -0.2) is 191 Å². The molecule has 68 heavy (non-hydrogen) atoms. The fraction of sp³-hybridized carbons (Fsp3) is 0.917. The summed E-state index contributed by atoms with van der Waals surface area (Å²) in [5.74, 6) is -2.09. The number of carboxylic acid groups (broad SMARTS) is 1. The van der Waals surface area contributed by atoms with E-state index in [4.69, 9.17) is 28.4 Å². The number of carbonyl (C=O) groups is 2. The van der Waals surface area contributed by atoms with Gasteiger partial charge in [-0.15, -0.1) is 0 Å². The molecule has 3 aliphatic heterocycles. The van der Waals surface area contributed by atoms with Gasteiger partial charge in [0, 0.05) is 0 Å². The molecule has 7 fully saturated rings. The van der Waals surface area contributed by atoms with Gasteiger partial charge in [0.2, 0.25) is 6.29 Å². The quantitative estimate of drug-likeness (QED) is 0.0942. The lowest BCUT2D eigenvalue weighted by Gasteiger charge is -2.71. The molecule has 20 heteroatoms. The molecule has 0 aromatic heterocycles. The average Bonchev–Trinajstić information content (AvgIpc) is 3.29. The number of fused-ring (bicyclic) bond motifs is 7. The Hall–Kier alpha value is -1.96. The number of aliphatic carboxylic acids is 1. The zero-order chi connectivity index (χ0) is 49.8. The molecular weight excluding hydrogens is 897 g/mol. The van der Waals surface area contributed by atoms with Gasteiger partial charge in [-0.2, -0.15) is 0 Å². The van der Waals surface area contributed by atoms with Gasteiger partial charge >= 0.3 is 11.9 Å². The van der Waals surface area contributed by atoms with Gasteiger partial charge in [0.15, 0.2) is 12.6 Å². The van der Waals surface area contributed by atoms with Crippen molar-refractivity contribution in [2.24, 2.45) is 50.2 Å². The minimum atomic E-state index is -1.98. The van der Waals surface area contributed by atoms with E-state index in [9.17, 15) is 66.1 Å². The van der Waals surface area contributed by atoms with E-state index in [1.807, 2.05) is 0 Å². The number of hydrogen-bond donors (Lipinski definition) is 12. The van der Waals surface area contributed by atoms with Crippen LogP contribution < -0.4 is 0 Å². The predicted molar refractivity (Wildman–Crippen MR) is 232 cm³/mol. The first kappa shape index (κ1) is 52.4. The molecular formula is C48H76O20. The Balaban J connectivity index is 1.09. The second kappa shape index (κ2) is 18.5. The molecule has 3 saturated heterocycles. The van der Waals surface area contributed by atoms with Gasteiger partial charge in [-0.05, 0) is 111 Å². The van der Waals surface area contributed by atoms with Gasteiger partial charge in [-0.3, -0.25) is 9.59 Å². The summed E-state index contributed by atoms with van der Waals surface area (Å²) in [6.45, 7) is 10.6. The Labute approximate surface area is 396 Å². The van der Waals surface area contributed by atoms with Gasteiger partial charge in [-0.1, -0.05) is 46.3 Å². The molecule has 4 saturated carbocycles. The molecule has 24 unspecified atom stereocenters. The topological polar surface area (TPSA) is 332 Å². The van der Waals surface area contributed by atoms with E-state index < -0.39 is 146 Å². The van der Waals surface area contributed by atoms with Crippen LogP contribution in [0.15, 0.2) is 11.6 Å². The Morgan fingerprint density at radius 3 is 1.85 bits per heavy atom. The first-order valence-corrected chi connectivity index (χ1v) is 24.5. The van der Waals surface area contributed by atoms with Gasteiger partial charge in [0.05, 0.1) is 36.8 Å². The largest absolute Gasteiger partial charge is 0.481 e. The lowest BCUT2D eigenvalue weighted by Crippen LogP contribution is -2.67. The SMILES string of the molecule is CC1(C)CCC2(C(=O)OC3OC(COC4OC(CO)C(O)C(O)C4O)C(O)C(OC4OC(CO)C(O)C(O)C4O)C3O)CCC3(C)C(=CCC4C5(C)CCC(O)C(C)(C(=O)O)C5CCC43C)C2C1. The molecule has 0 amide bonds. The fourth-order valence-corrected chi connectivity index (χ4v) is 14.8. The van der Waals surface area contributed by atoms with E-state index in [0.29, 0.717) is 57.8 Å². The molecule has 0 aromatic carbocycles. The van der Waals surface area contributed by atoms with E-state index in [1.165, 1.54) is 0 Å². The van der Waals surface area contributed by atoms with E-state index in [0.717, 1.165) is 12.0 Å². The molecule has 0 aromatic rings. The Bertz CT molecular complexity index is 1900. The Morgan fingerprint density at radius 1 is 0.647 bits per heavy atom. The Morgan fingerprint density at radius 2 is 1.24 bits per heavy atom. The third-order valence-corrected chi connectivity index (χ3v) is 19.4. The molecule has 8 aliphatic rings. The second-order valence-corrected chi connectivity index (χ2v) is 23.3. The monoisotopic (exact) mass is 972 g/mol. The zero-order valence-corrected chi connectivity index (χ0v) is 39.9. The van der Waals surface area contributed by atoms with Crippen LogP contribution in [0, 0.1) is 50.2 Å². The number of hydrogen-bond acceptors (Lipinski definition) is 19. The number of aliphatic hydroxyl groups is 11. The van der Waals surface area contributed by atoms with Crippen molar-refractivity contribution in [2.45, 2.75) is 204 Å². The summed E-state index contributed by atoms with van der Waals surface area (Å²) in [4.78, 5) is 28.2. The smallest absolute Gasteiger partial charge is 0.315 e. The van der Waals surface area contributed by atoms with E-state index in [1.54, 1.807) is 6.92 Å². The maximum absolute atomic E-state index is 15.3. The number of rotatable bonds is 10. The van der Waals surface area contributed by atoms with Crippen molar-refractivity contribution >= 4 is 11.9 Å². The summed E-state index contributed by atoms with van der Waals surface area (Å²) in [7, 11) is 0. The molecule has 5 aliphatic carbocycles. The first-order chi connectivity index (χ1) is 31.8. The molecule has 8 rings (SSSR count). The van der Waals surface area contributed by atoms with E-state index in [-0.39, 0.29) is 34.0 Å². The van der Waals surface area contributed by atoms with Crippen molar-refractivity contribution in [3.8, 4) is 0 Å². The van der Waals surface area contributed by atoms with E-state index >= 15 is 4.79 Å². The second-order valence-electron chi connectivity index (χ2n) is 23.3. The maximum Gasteiger partial charge on any atom is 0.315 e. The molecule has 0 spiro atoms. The summed E-state index contributed by atoms with van der Waals surface area (Å²) in [6, 6.07) is 0. The summed E-state index contributed by atoms with van der Waals surface area (Å²) in [5, 5.41) is 128. The molecule has 388 valence electrons. The van der Waals surface area contributed by atoms with Crippen LogP contribution in [-0.2, 0) is 38.0 Å². The first-order valence-electron chi connectivity index (χ1n) is 24.5. The van der Waals surface area contributed by atoms with Crippen molar-refractivity contribution in [3.63, 3.8) is 0 Å². The summed E-state index contributed by atoms with van der Waals surface area (Å²) in [6.07, 6.45) is -19.1. The van der Waals surface area contributed by atoms with Crippen LogP contribution in [0.5, 0.6) is 0 Å². The minimum Gasteiger partial charge on any atom is -0.481 e. The molecule has 20 nitrogen and oxygen atoms in total. The normalized spacial score (nSPS) is 53.4. The van der Waals surface area contributed by atoms with Crippen molar-refractivity contribution in [1.29, 1.82) is 0 Å². The number of esters is 1. The van der Waals surface area contributed by atoms with Crippen molar-refractivity contribution in [1.82, 2.24) is 0 Å². The molecule has 12 N–H and O–H groups in total. The Kier molecular flexibility index (Phi) is 14.3. The van der Waals surface area contributed by atoms with Gasteiger partial charge in [0.25, 0.3) is 0 Å². The van der Waals surface area contributed by atoms with Crippen molar-refractivity contribution in [3.05, 3.63) is 11.6 Å². The standard InChI is InChI=1S/C48H76O20/c1-43(2)13-15-48(16-14-45(4)21(22(48)17-43)7-8-26-44(3)11-10-28(51)47(6,41(60)61)27(44)9-12-46(26,45)5)42(62)68-40-36(59)37(67-39-35(58)33(56)30(53)24(19-50)65-39)31(54)25(66-40)20-63-38-34(57)32(55)29(52)23(18-49)64-38/h7,22-40,49-59H,8-20H2,1-6H3,(H,60,61). The molecule has 3 heterocycles. The van der Waals surface area contributed by atoms with Gasteiger partial charge in [0.1, 0.15) is 73.2 Å². The van der Waals surface area contributed by atoms with Crippen LogP contribution in [0.3, 0.4) is 0 Å². The third-order valence-electron chi connectivity index (χ3n) is 19.4. The molecule has 0 radical (unpaired) electrons. The van der Waals surface area contributed by atoms with Gasteiger partial charge in [-0.25, -0.2) is 0 Å². The van der Waals surface area contributed by atoms with Gasteiger partial charge < -0.3 is 89.7 Å². The van der Waals surface area contributed by atoms with Crippen LogP contribution in [0.2, 0.25) is 0 Å². The summed E-state index contributed by atoms with van der Waals surface area (Å²) >= 11 is 0. The summed E-state index contributed by atoms with van der Waals surface area (Å²) in [5.41, 5.74) is -2.48. The predicted octanol–water partition coefficient (Wildman–Crippen LogP) is -0.795. The zero-order valence-electron chi connectivity index (χ0n) is 39.9. The van der Waals surface area contributed by atoms with Crippen LogP contribution >= 0.6 is 0 Å². The van der Waals surface area contributed by atoms with Crippen LogP contribution in [0.1, 0.15) is 106 Å². The number of carboxylic acids is 1. The number of aliphatic hydroxyl groups excluding tert-OH is 11. The highest BCUT2D eigenvalue weighted by Crippen LogP contribution is 2.76. The fourth-order valence-electron chi connectivity index (χ4n) is 14.8. The van der Waals surface area contributed by atoms with Crippen LogP contribution in [0.4, 0.5) is 0 Å².